The van der Waals surface area contributed by atoms with Gasteiger partial charge in [-0.25, -0.2) is 0 Å². The van der Waals surface area contributed by atoms with Crippen LogP contribution >= 0.6 is 0 Å². The van der Waals surface area contributed by atoms with E-state index in [4.69, 9.17) is 0 Å². The van der Waals surface area contributed by atoms with Crippen molar-refractivity contribution in [2.45, 2.75) is 0 Å². The number of ether oxygens (including phenoxy) is 1. The number of hydrogen-bond acceptors (Lipinski definition) is 2. The Morgan fingerprint density at radius 2 is 2.00 bits per heavy atom. The highest BCUT2D eigenvalue weighted by Crippen LogP contribution is 1.72. The fourth-order valence-electron chi connectivity index (χ4n) is 0.277. The van der Waals surface area contributed by atoms with Crippen molar-refractivity contribution in [3.8, 4) is 0 Å². The van der Waals surface area contributed by atoms with E-state index in [1.54, 1.807) is 31.6 Å². The first kappa shape index (κ1) is 9.11. The maximum absolute atomic E-state index is 4.43. The maximum Gasteiger partial charge on any atom is 0.0463 e. The topological polar surface area (TPSA) is 22.1 Å². The third-order valence-electron chi connectivity index (χ3n) is 0.718. The molecule has 0 unspecified atom stereocenters. The largest absolute Gasteiger partial charge is 0.385 e. The summed E-state index contributed by atoms with van der Waals surface area (Å²) in [6.45, 7) is 3.95. The zero-order valence-electron chi connectivity index (χ0n) is 6.08. The third-order valence-corrected chi connectivity index (χ3v) is 0.718. The number of rotatable bonds is 1. The summed E-state index contributed by atoms with van der Waals surface area (Å²) in [7, 11) is 1.62. The van der Waals surface area contributed by atoms with Crippen molar-refractivity contribution >= 4 is 0 Å². The molecule has 2 heteroatoms. The molecule has 0 atom stereocenters. The van der Waals surface area contributed by atoms with E-state index < -0.39 is 0 Å². The molecule has 2 nitrogen and oxygen atoms in total. The lowest BCUT2D eigenvalue weighted by molar-refractivity contribution is 0.232. The molecule has 0 N–H and O–H groups in total. The van der Waals surface area contributed by atoms with Gasteiger partial charge in [-0.1, -0.05) is 0 Å². The fraction of sp³-hybridized carbons (Fsp3) is 0.250. The minimum Gasteiger partial charge on any atom is -0.385 e. The van der Waals surface area contributed by atoms with Crippen LogP contribution in [0.2, 0.25) is 0 Å². The van der Waals surface area contributed by atoms with Crippen LogP contribution in [0.4, 0.5) is 0 Å². The van der Waals surface area contributed by atoms with E-state index in [0.717, 1.165) is 0 Å². The van der Waals surface area contributed by atoms with Crippen LogP contribution in [0.25, 0.3) is 0 Å². The Balaban J connectivity index is 0.000000180. The summed E-state index contributed by atoms with van der Waals surface area (Å²) in [6.07, 6.45) is 3.39. The van der Waals surface area contributed by atoms with Crippen LogP contribution in [-0.4, -0.2) is 18.7 Å². The molecule has 0 aliphatic heterocycles. The van der Waals surface area contributed by atoms with E-state index in [2.05, 4.69) is 22.7 Å². The first-order valence-corrected chi connectivity index (χ1v) is 2.96. The molecule has 0 aliphatic carbocycles. The minimum absolute atomic E-state index is 0.569. The van der Waals surface area contributed by atoms with Gasteiger partial charge in [-0.3, -0.25) is 4.98 Å². The molecule has 1 aromatic rings. The normalized spacial score (nSPS) is 7.80. The molecule has 0 spiro atoms. The van der Waals surface area contributed by atoms with Crippen molar-refractivity contribution in [1.29, 1.82) is 0 Å². The van der Waals surface area contributed by atoms with Gasteiger partial charge in [0.25, 0.3) is 0 Å². The molecule has 0 bridgehead atoms. The average molecular weight is 137 g/mol. The van der Waals surface area contributed by atoms with Crippen LogP contribution in [0.1, 0.15) is 0 Å². The Morgan fingerprint density at radius 1 is 1.50 bits per heavy atom. The summed E-state index contributed by atoms with van der Waals surface area (Å²) >= 11 is 0. The molecule has 2 radical (unpaired) electrons. The predicted molar refractivity (Wildman–Crippen MR) is 40.3 cm³/mol. The second-order valence-corrected chi connectivity index (χ2v) is 1.44. The minimum atomic E-state index is 0.569. The van der Waals surface area contributed by atoms with Crippen LogP contribution in [0.3, 0.4) is 0 Å². The predicted octanol–water partition coefficient (Wildman–Crippen LogP) is 1.35. The Bertz CT molecular complexity index is 101. The highest BCUT2D eigenvalue weighted by Gasteiger charge is 1.59. The summed E-state index contributed by atoms with van der Waals surface area (Å²) in [5, 5.41) is 0. The Labute approximate surface area is 61.9 Å². The van der Waals surface area contributed by atoms with E-state index >= 15 is 0 Å². The molecule has 54 valence electrons. The summed E-state index contributed by atoms with van der Waals surface area (Å²) in [4.78, 5) is 3.75. The van der Waals surface area contributed by atoms with Gasteiger partial charge in [0.1, 0.15) is 0 Å². The van der Waals surface area contributed by atoms with Crippen molar-refractivity contribution in [3.63, 3.8) is 0 Å². The molecule has 0 saturated heterocycles. The van der Waals surface area contributed by atoms with Gasteiger partial charge in [0.2, 0.25) is 0 Å². The molecular formula is C8H11NO. The highest BCUT2D eigenvalue weighted by atomic mass is 16.5. The quantitative estimate of drug-likeness (QED) is 0.583. The molecule has 0 fully saturated rings. The molecule has 0 aromatic carbocycles. The lowest BCUT2D eigenvalue weighted by Crippen LogP contribution is -1.74. The van der Waals surface area contributed by atoms with Gasteiger partial charge in [-0.05, 0) is 25.1 Å². The van der Waals surface area contributed by atoms with Crippen LogP contribution in [0.5, 0.6) is 0 Å². The van der Waals surface area contributed by atoms with Gasteiger partial charge >= 0.3 is 0 Å². The van der Waals surface area contributed by atoms with Gasteiger partial charge in [0.05, 0.1) is 0 Å². The summed E-state index contributed by atoms with van der Waals surface area (Å²) < 4.78 is 4.43. The van der Waals surface area contributed by atoms with Gasteiger partial charge in [0.15, 0.2) is 0 Å². The second kappa shape index (κ2) is 8.11. The molecule has 0 aliphatic rings. The standard InChI is InChI=1S/C5H4N.C3H7O/c1-2-4-6-5-3-1;1-3-4-2/h2-5H;1,3H2,2H3. The zero-order chi connectivity index (χ0) is 7.66. The lowest BCUT2D eigenvalue weighted by atomic mass is 10.5. The number of aromatic nitrogens is 1. The van der Waals surface area contributed by atoms with Gasteiger partial charge < -0.3 is 4.74 Å². The Morgan fingerprint density at radius 3 is 2.10 bits per heavy atom. The van der Waals surface area contributed by atoms with E-state index in [0.29, 0.717) is 6.61 Å². The maximum atomic E-state index is 4.43. The van der Waals surface area contributed by atoms with Crippen LogP contribution in [0.15, 0.2) is 24.5 Å². The fourth-order valence-corrected chi connectivity index (χ4v) is 0.277. The lowest BCUT2D eigenvalue weighted by Gasteiger charge is -1.76. The molecule has 0 amide bonds. The monoisotopic (exact) mass is 137 g/mol. The van der Waals surface area contributed by atoms with Crippen molar-refractivity contribution in [2.75, 3.05) is 13.7 Å². The van der Waals surface area contributed by atoms with Gasteiger partial charge in [0, 0.05) is 26.1 Å². The van der Waals surface area contributed by atoms with Gasteiger partial charge in [-0.2, -0.15) is 0 Å². The van der Waals surface area contributed by atoms with Crippen molar-refractivity contribution < 1.29 is 4.74 Å². The van der Waals surface area contributed by atoms with E-state index in [-0.39, 0.29) is 0 Å². The third kappa shape index (κ3) is 7.11. The van der Waals surface area contributed by atoms with E-state index in [1.165, 1.54) is 0 Å². The second-order valence-electron chi connectivity index (χ2n) is 1.44. The van der Waals surface area contributed by atoms with Crippen LogP contribution in [0, 0.1) is 13.0 Å². The number of nitrogens with zero attached hydrogens (tertiary/aromatic N) is 1. The summed E-state index contributed by atoms with van der Waals surface area (Å²) in [6, 6.07) is 6.36. The van der Waals surface area contributed by atoms with Crippen molar-refractivity contribution in [2.24, 2.45) is 0 Å². The first-order valence-electron chi connectivity index (χ1n) is 2.96. The number of methoxy groups -OCH3 is 1. The summed E-state index contributed by atoms with van der Waals surface area (Å²) in [5.41, 5.74) is 0. The first-order chi connectivity index (χ1) is 4.91. The molecule has 1 heterocycles. The molecule has 10 heavy (non-hydrogen) atoms. The van der Waals surface area contributed by atoms with Crippen LogP contribution in [-0.2, 0) is 4.74 Å². The average Bonchev–Trinajstić information content (AvgIpc) is 2.08. The van der Waals surface area contributed by atoms with Crippen LogP contribution < -0.4 is 0 Å². The number of hydrogen-bond donors (Lipinski definition) is 0. The van der Waals surface area contributed by atoms with Gasteiger partial charge in [-0.15, -0.1) is 0 Å². The number of pyridine rings is 1. The molecule has 1 rings (SSSR count). The molecular weight excluding hydrogens is 126 g/mol. The van der Waals surface area contributed by atoms with Crippen molar-refractivity contribution in [3.05, 3.63) is 37.5 Å². The summed E-state index contributed by atoms with van der Waals surface area (Å²) in [5.74, 6) is 0. The Hall–Kier alpha value is -0.890. The molecule has 0 saturated carbocycles. The SMILES string of the molecule is [CH2]COC.[c]1ccncc1. The van der Waals surface area contributed by atoms with Crippen molar-refractivity contribution in [1.82, 2.24) is 4.98 Å². The molecule has 1 aromatic heterocycles. The Kier molecular flexibility index (Phi) is 7.39. The highest BCUT2D eigenvalue weighted by molar-refractivity contribution is 4.85. The van der Waals surface area contributed by atoms with E-state index in [1.807, 2.05) is 0 Å². The smallest absolute Gasteiger partial charge is 0.0463 e. The van der Waals surface area contributed by atoms with E-state index in [9.17, 15) is 0 Å². The zero-order valence-corrected chi connectivity index (χ0v) is 6.08.